The van der Waals surface area contributed by atoms with Gasteiger partial charge in [-0.2, -0.15) is 0 Å². The van der Waals surface area contributed by atoms with Crippen molar-refractivity contribution in [3.63, 3.8) is 0 Å². The number of hydrogen-bond acceptors (Lipinski definition) is 4. The van der Waals surface area contributed by atoms with Crippen LogP contribution >= 0.6 is 0 Å². The lowest BCUT2D eigenvalue weighted by molar-refractivity contribution is -0.117. The van der Waals surface area contributed by atoms with E-state index in [1.165, 1.54) is 16.7 Å². The lowest BCUT2D eigenvalue weighted by Crippen LogP contribution is -2.48. The molecule has 1 fully saturated rings. The molecule has 0 unspecified atom stereocenters. The summed E-state index contributed by atoms with van der Waals surface area (Å²) in [4.78, 5) is 21.2. The highest BCUT2D eigenvalue weighted by Crippen LogP contribution is 2.11. The minimum absolute atomic E-state index is 0.0607. The van der Waals surface area contributed by atoms with Crippen molar-refractivity contribution in [2.45, 2.75) is 26.8 Å². The van der Waals surface area contributed by atoms with E-state index in [-0.39, 0.29) is 5.91 Å². The van der Waals surface area contributed by atoms with Crippen molar-refractivity contribution >= 4 is 11.6 Å². The Hall–Kier alpha value is -2.24. The molecule has 1 aliphatic rings. The Morgan fingerprint density at radius 1 is 1.04 bits per heavy atom. The van der Waals surface area contributed by atoms with Gasteiger partial charge >= 0.3 is 0 Å². The van der Waals surface area contributed by atoms with Crippen molar-refractivity contribution in [2.75, 3.05) is 38.0 Å². The van der Waals surface area contributed by atoms with Gasteiger partial charge in [0.25, 0.3) is 0 Å². The fraction of sp³-hybridized carbons (Fsp3) is 0.429. The first-order valence-electron chi connectivity index (χ1n) is 9.36. The zero-order valence-corrected chi connectivity index (χ0v) is 15.7. The molecule has 0 bridgehead atoms. The molecule has 26 heavy (non-hydrogen) atoms. The lowest BCUT2D eigenvalue weighted by atomic mass is 10.1. The number of anilines is 1. The van der Waals surface area contributed by atoms with Crippen molar-refractivity contribution in [1.82, 2.24) is 14.8 Å². The maximum absolute atomic E-state index is 12.3. The second-order valence-corrected chi connectivity index (χ2v) is 7.02. The van der Waals surface area contributed by atoms with Crippen LogP contribution in [0.2, 0.25) is 0 Å². The molecule has 138 valence electrons. The molecule has 5 nitrogen and oxygen atoms in total. The van der Waals surface area contributed by atoms with Gasteiger partial charge in [0.2, 0.25) is 5.91 Å². The van der Waals surface area contributed by atoms with Crippen LogP contribution in [0.5, 0.6) is 0 Å². The Morgan fingerprint density at radius 2 is 1.73 bits per heavy atom. The SMILES string of the molecule is CCc1ccc(NC(=O)CN2CCN(Cc3cncc(C)c3)CC2)cc1. The molecule has 0 spiro atoms. The van der Waals surface area contributed by atoms with Crippen LogP contribution in [0.1, 0.15) is 23.6 Å². The Kier molecular flexibility index (Phi) is 6.36. The largest absolute Gasteiger partial charge is 0.325 e. The smallest absolute Gasteiger partial charge is 0.238 e. The second kappa shape index (κ2) is 8.92. The third-order valence-electron chi connectivity index (χ3n) is 4.82. The number of aromatic nitrogens is 1. The molecule has 1 amide bonds. The van der Waals surface area contributed by atoms with Crippen molar-refractivity contribution in [3.05, 3.63) is 59.4 Å². The first-order chi connectivity index (χ1) is 12.6. The van der Waals surface area contributed by atoms with Crippen molar-refractivity contribution in [1.29, 1.82) is 0 Å². The molecule has 0 aliphatic carbocycles. The van der Waals surface area contributed by atoms with E-state index in [1.807, 2.05) is 24.5 Å². The van der Waals surface area contributed by atoms with E-state index < -0.39 is 0 Å². The number of nitrogens with zero attached hydrogens (tertiary/aromatic N) is 3. The highest BCUT2D eigenvalue weighted by molar-refractivity contribution is 5.92. The normalized spacial score (nSPS) is 15.8. The Labute approximate surface area is 156 Å². The lowest BCUT2D eigenvalue weighted by Gasteiger charge is -2.34. The first-order valence-corrected chi connectivity index (χ1v) is 9.36. The fourth-order valence-corrected chi connectivity index (χ4v) is 3.30. The summed E-state index contributed by atoms with van der Waals surface area (Å²) < 4.78 is 0. The number of carbonyl (C=O) groups is 1. The zero-order valence-electron chi connectivity index (χ0n) is 15.7. The fourth-order valence-electron chi connectivity index (χ4n) is 3.30. The summed E-state index contributed by atoms with van der Waals surface area (Å²) in [6, 6.07) is 10.3. The molecule has 0 atom stereocenters. The number of rotatable bonds is 6. The first kappa shape index (κ1) is 18.5. The number of nitrogens with one attached hydrogen (secondary N) is 1. The Morgan fingerprint density at radius 3 is 2.38 bits per heavy atom. The third kappa shape index (κ3) is 5.38. The third-order valence-corrected chi connectivity index (χ3v) is 4.82. The standard InChI is InChI=1S/C21H28N4O/c1-3-18-4-6-20(7-5-18)23-21(26)16-25-10-8-24(9-11-25)15-19-12-17(2)13-22-14-19/h4-7,12-14H,3,8-11,15-16H2,1-2H3,(H,23,26). The van der Waals surface area contributed by atoms with Crippen LogP contribution in [-0.4, -0.2) is 53.4 Å². The molecular weight excluding hydrogens is 324 g/mol. The summed E-state index contributed by atoms with van der Waals surface area (Å²) in [6.07, 6.45) is 4.84. The van der Waals surface area contributed by atoms with Gasteiger partial charge in [-0.05, 0) is 42.2 Å². The minimum Gasteiger partial charge on any atom is -0.325 e. The molecule has 0 saturated carbocycles. The average Bonchev–Trinajstić information content (AvgIpc) is 2.64. The number of carbonyl (C=O) groups excluding carboxylic acids is 1. The van der Waals surface area contributed by atoms with Gasteiger partial charge in [0, 0.05) is 50.8 Å². The summed E-state index contributed by atoms with van der Waals surface area (Å²) in [5.41, 5.74) is 4.61. The van der Waals surface area contributed by atoms with E-state index in [1.54, 1.807) is 0 Å². The van der Waals surface area contributed by atoms with Crippen LogP contribution in [0.15, 0.2) is 42.7 Å². The Balaban J connectivity index is 1.42. The molecule has 2 aromatic rings. The quantitative estimate of drug-likeness (QED) is 0.868. The minimum atomic E-state index is 0.0607. The topological polar surface area (TPSA) is 48.5 Å². The predicted octanol–water partition coefficient (Wildman–Crippen LogP) is 2.71. The van der Waals surface area contributed by atoms with Crippen LogP contribution in [0.3, 0.4) is 0 Å². The molecule has 0 radical (unpaired) electrons. The van der Waals surface area contributed by atoms with Crippen LogP contribution in [0.4, 0.5) is 5.69 Å². The van der Waals surface area contributed by atoms with Crippen LogP contribution in [0, 0.1) is 6.92 Å². The number of pyridine rings is 1. The average molecular weight is 352 g/mol. The van der Waals surface area contributed by atoms with E-state index in [2.05, 4.69) is 52.1 Å². The molecule has 1 N–H and O–H groups in total. The molecule has 1 aromatic carbocycles. The van der Waals surface area contributed by atoms with Gasteiger partial charge in [0.1, 0.15) is 0 Å². The molecule has 2 heterocycles. The van der Waals surface area contributed by atoms with E-state index >= 15 is 0 Å². The van der Waals surface area contributed by atoms with Crippen LogP contribution < -0.4 is 5.32 Å². The van der Waals surface area contributed by atoms with Gasteiger partial charge in [0.05, 0.1) is 6.54 Å². The van der Waals surface area contributed by atoms with Crippen molar-refractivity contribution < 1.29 is 4.79 Å². The van der Waals surface area contributed by atoms with Gasteiger partial charge < -0.3 is 5.32 Å². The molecule has 1 saturated heterocycles. The summed E-state index contributed by atoms with van der Waals surface area (Å²) in [5.74, 6) is 0.0607. The van der Waals surface area contributed by atoms with Gasteiger partial charge in [-0.25, -0.2) is 0 Å². The number of piperazine rings is 1. The Bertz CT molecular complexity index is 721. The molecular formula is C21H28N4O. The number of hydrogen-bond donors (Lipinski definition) is 1. The second-order valence-electron chi connectivity index (χ2n) is 7.02. The number of aryl methyl sites for hydroxylation is 2. The number of amides is 1. The van der Waals surface area contributed by atoms with Crippen molar-refractivity contribution in [2.24, 2.45) is 0 Å². The van der Waals surface area contributed by atoms with Gasteiger partial charge in [-0.1, -0.05) is 25.1 Å². The summed E-state index contributed by atoms with van der Waals surface area (Å²) in [6.45, 7) is 9.38. The maximum atomic E-state index is 12.3. The van der Waals surface area contributed by atoms with E-state index in [4.69, 9.17) is 0 Å². The van der Waals surface area contributed by atoms with E-state index in [0.29, 0.717) is 6.54 Å². The zero-order chi connectivity index (χ0) is 18.4. The monoisotopic (exact) mass is 352 g/mol. The molecule has 1 aromatic heterocycles. The highest BCUT2D eigenvalue weighted by Gasteiger charge is 2.19. The molecule has 1 aliphatic heterocycles. The number of benzene rings is 1. The van der Waals surface area contributed by atoms with Crippen LogP contribution in [-0.2, 0) is 17.8 Å². The van der Waals surface area contributed by atoms with E-state index in [9.17, 15) is 4.79 Å². The predicted molar refractivity (Wildman–Crippen MR) is 105 cm³/mol. The van der Waals surface area contributed by atoms with E-state index in [0.717, 1.165) is 44.8 Å². The van der Waals surface area contributed by atoms with Gasteiger partial charge in [-0.15, -0.1) is 0 Å². The summed E-state index contributed by atoms with van der Waals surface area (Å²) in [7, 11) is 0. The molecule has 3 rings (SSSR count). The van der Waals surface area contributed by atoms with Crippen molar-refractivity contribution in [3.8, 4) is 0 Å². The molecule has 5 heteroatoms. The van der Waals surface area contributed by atoms with Crippen LogP contribution in [0.25, 0.3) is 0 Å². The maximum Gasteiger partial charge on any atom is 0.238 e. The van der Waals surface area contributed by atoms with Gasteiger partial charge in [0.15, 0.2) is 0 Å². The summed E-state index contributed by atoms with van der Waals surface area (Å²) in [5, 5.41) is 3.00. The highest BCUT2D eigenvalue weighted by atomic mass is 16.2. The summed E-state index contributed by atoms with van der Waals surface area (Å²) >= 11 is 0. The van der Waals surface area contributed by atoms with Gasteiger partial charge in [-0.3, -0.25) is 19.6 Å².